The van der Waals surface area contributed by atoms with Crippen LogP contribution in [-0.4, -0.2) is 41.5 Å². The molecule has 1 aromatic carbocycles. The number of aryl methyl sites for hydroxylation is 1. The van der Waals surface area contributed by atoms with Gasteiger partial charge in [-0.1, -0.05) is 12.1 Å². The zero-order valence-corrected chi connectivity index (χ0v) is 14.5. The van der Waals surface area contributed by atoms with Crippen molar-refractivity contribution in [2.45, 2.75) is 31.3 Å². The summed E-state index contributed by atoms with van der Waals surface area (Å²) < 4.78 is 5.28. The Morgan fingerprint density at radius 1 is 1.32 bits per heavy atom. The predicted octanol–water partition coefficient (Wildman–Crippen LogP) is 2.41. The first-order valence-corrected chi connectivity index (χ1v) is 8.78. The molecule has 1 N–H and O–H groups in total. The highest BCUT2D eigenvalue weighted by Gasteiger charge is 2.41. The molecule has 2 aliphatic rings. The molecule has 1 aromatic heterocycles. The molecule has 1 atom stereocenters. The van der Waals surface area contributed by atoms with Crippen molar-refractivity contribution in [3.63, 3.8) is 0 Å². The minimum absolute atomic E-state index is 0.0228. The van der Waals surface area contributed by atoms with E-state index in [0.29, 0.717) is 0 Å². The smallest absolute Gasteiger partial charge is 0.252 e. The van der Waals surface area contributed by atoms with Crippen LogP contribution in [0.2, 0.25) is 0 Å². The molecule has 2 aromatic rings. The summed E-state index contributed by atoms with van der Waals surface area (Å²) in [7, 11) is 1.63. The quantitative estimate of drug-likeness (QED) is 0.934. The fourth-order valence-corrected chi connectivity index (χ4v) is 4.01. The van der Waals surface area contributed by atoms with Gasteiger partial charge in [0.1, 0.15) is 5.75 Å². The third-order valence-corrected chi connectivity index (χ3v) is 5.38. The zero-order chi connectivity index (χ0) is 17.3. The number of likely N-dealkylation sites (tertiary alicyclic amines) is 1. The predicted molar refractivity (Wildman–Crippen MR) is 95.6 cm³/mol. The summed E-state index contributed by atoms with van der Waals surface area (Å²) in [5.74, 6) is 0.754. The van der Waals surface area contributed by atoms with Crippen molar-refractivity contribution in [3.8, 4) is 5.75 Å². The van der Waals surface area contributed by atoms with Crippen LogP contribution in [0.1, 0.15) is 34.3 Å². The number of aromatic nitrogens is 1. The molecule has 1 spiro atoms. The molecule has 0 bridgehead atoms. The monoisotopic (exact) mass is 337 g/mol. The van der Waals surface area contributed by atoms with Crippen molar-refractivity contribution in [2.24, 2.45) is 0 Å². The second-order valence-corrected chi connectivity index (χ2v) is 7.08. The van der Waals surface area contributed by atoms with E-state index in [2.05, 4.69) is 21.3 Å². The molecule has 1 fully saturated rings. The number of carbonyl (C=O) groups excluding carboxylic acids is 1. The van der Waals surface area contributed by atoms with Gasteiger partial charge in [0.15, 0.2) is 0 Å². The van der Waals surface area contributed by atoms with E-state index in [1.54, 1.807) is 13.3 Å². The van der Waals surface area contributed by atoms with Gasteiger partial charge >= 0.3 is 0 Å². The van der Waals surface area contributed by atoms with E-state index in [9.17, 15) is 4.79 Å². The molecule has 2 aliphatic heterocycles. The topological polar surface area (TPSA) is 54.5 Å². The second-order valence-electron chi connectivity index (χ2n) is 7.08. The van der Waals surface area contributed by atoms with Gasteiger partial charge in [0, 0.05) is 37.6 Å². The zero-order valence-electron chi connectivity index (χ0n) is 14.5. The van der Waals surface area contributed by atoms with Crippen molar-refractivity contribution >= 4 is 5.91 Å². The van der Waals surface area contributed by atoms with E-state index in [1.807, 2.05) is 30.5 Å². The molecule has 3 heterocycles. The number of benzene rings is 1. The lowest BCUT2D eigenvalue weighted by molar-refractivity contribution is 0.0901. The van der Waals surface area contributed by atoms with Gasteiger partial charge in [-0.05, 0) is 48.6 Å². The van der Waals surface area contributed by atoms with Crippen LogP contribution in [0, 0.1) is 0 Å². The molecule has 5 heteroatoms. The molecule has 0 aliphatic carbocycles. The maximum absolute atomic E-state index is 12.8. The molecule has 130 valence electrons. The van der Waals surface area contributed by atoms with Crippen LogP contribution in [0.25, 0.3) is 0 Å². The third-order valence-electron chi connectivity index (χ3n) is 5.38. The summed E-state index contributed by atoms with van der Waals surface area (Å²) >= 11 is 0. The van der Waals surface area contributed by atoms with Crippen molar-refractivity contribution in [2.75, 3.05) is 20.2 Å². The largest absolute Gasteiger partial charge is 0.497 e. The van der Waals surface area contributed by atoms with E-state index in [0.717, 1.165) is 55.8 Å². The van der Waals surface area contributed by atoms with Gasteiger partial charge in [-0.15, -0.1) is 0 Å². The van der Waals surface area contributed by atoms with Crippen LogP contribution in [0.4, 0.5) is 0 Å². The fraction of sp³-hybridized carbons (Fsp3) is 0.400. The lowest BCUT2D eigenvalue weighted by atomic mass is 9.91. The highest BCUT2D eigenvalue weighted by molar-refractivity contribution is 5.97. The van der Waals surface area contributed by atoms with Gasteiger partial charge in [-0.25, -0.2) is 0 Å². The van der Waals surface area contributed by atoms with Gasteiger partial charge in [-0.2, -0.15) is 0 Å². The highest BCUT2D eigenvalue weighted by Crippen LogP contribution is 2.32. The van der Waals surface area contributed by atoms with Gasteiger partial charge in [0.25, 0.3) is 5.91 Å². The van der Waals surface area contributed by atoms with Gasteiger partial charge in [-0.3, -0.25) is 14.7 Å². The third kappa shape index (κ3) is 3.24. The minimum atomic E-state index is -0.133. The standard InChI is InChI=1S/C20H23N3O2/c1-25-17-5-4-16-6-7-20(22-19(24)18(16)11-17)8-10-23(14-20)13-15-3-2-9-21-12-15/h2-5,9,11-12H,6-8,10,13-14H2,1H3,(H,22,24)/t20-/m0/s1. The van der Waals surface area contributed by atoms with Crippen LogP contribution in [0.15, 0.2) is 42.7 Å². The molecule has 0 unspecified atom stereocenters. The van der Waals surface area contributed by atoms with Crippen molar-refractivity contribution < 1.29 is 9.53 Å². The van der Waals surface area contributed by atoms with Crippen LogP contribution in [-0.2, 0) is 13.0 Å². The number of ether oxygens (including phenoxy) is 1. The first kappa shape index (κ1) is 16.1. The second kappa shape index (κ2) is 6.48. The Kier molecular flexibility index (Phi) is 4.17. The summed E-state index contributed by atoms with van der Waals surface area (Å²) in [5, 5.41) is 3.33. The van der Waals surface area contributed by atoms with E-state index in [4.69, 9.17) is 4.74 Å². The summed E-state index contributed by atoms with van der Waals surface area (Å²) in [6.07, 6.45) is 6.59. The molecule has 1 amide bonds. The van der Waals surface area contributed by atoms with Crippen molar-refractivity contribution in [3.05, 3.63) is 59.4 Å². The number of rotatable bonds is 3. The Bertz CT molecular complexity index is 778. The molecule has 0 radical (unpaired) electrons. The molecule has 1 saturated heterocycles. The maximum atomic E-state index is 12.8. The lowest BCUT2D eigenvalue weighted by Crippen LogP contribution is -2.49. The van der Waals surface area contributed by atoms with E-state index >= 15 is 0 Å². The van der Waals surface area contributed by atoms with Gasteiger partial charge in [0.2, 0.25) is 0 Å². The molecular weight excluding hydrogens is 314 g/mol. The van der Waals surface area contributed by atoms with Crippen LogP contribution in [0.3, 0.4) is 0 Å². The van der Waals surface area contributed by atoms with Crippen molar-refractivity contribution in [1.82, 2.24) is 15.2 Å². The molecule has 4 rings (SSSR count). The molecule has 25 heavy (non-hydrogen) atoms. The number of fused-ring (bicyclic) bond motifs is 1. The summed E-state index contributed by atoms with van der Waals surface area (Å²) in [6.45, 7) is 2.76. The van der Waals surface area contributed by atoms with E-state index in [1.165, 1.54) is 5.56 Å². The number of hydrogen-bond donors (Lipinski definition) is 1. The Balaban J connectivity index is 1.50. The maximum Gasteiger partial charge on any atom is 0.252 e. The van der Waals surface area contributed by atoms with E-state index < -0.39 is 0 Å². The minimum Gasteiger partial charge on any atom is -0.497 e. The fourth-order valence-electron chi connectivity index (χ4n) is 4.01. The number of nitrogens with one attached hydrogen (secondary N) is 1. The Morgan fingerprint density at radius 3 is 3.04 bits per heavy atom. The molecule has 5 nitrogen and oxygen atoms in total. The first-order chi connectivity index (χ1) is 12.2. The molecular formula is C20H23N3O2. The number of pyridine rings is 1. The van der Waals surface area contributed by atoms with Gasteiger partial charge in [0.05, 0.1) is 12.6 Å². The van der Waals surface area contributed by atoms with E-state index in [-0.39, 0.29) is 11.4 Å². The average molecular weight is 337 g/mol. The van der Waals surface area contributed by atoms with Crippen LogP contribution < -0.4 is 10.1 Å². The Hall–Kier alpha value is -2.40. The summed E-state index contributed by atoms with van der Waals surface area (Å²) in [6, 6.07) is 9.89. The normalized spacial score (nSPS) is 23.2. The highest BCUT2D eigenvalue weighted by atomic mass is 16.5. The SMILES string of the molecule is COc1ccc2c(c1)C(=O)N[C@@]1(CC2)CCN(Cc2cccnc2)C1. The first-order valence-electron chi connectivity index (χ1n) is 8.78. The number of nitrogens with zero attached hydrogens (tertiary/aromatic N) is 2. The number of methoxy groups -OCH3 is 1. The Labute approximate surface area is 148 Å². The average Bonchev–Trinajstić information content (AvgIpc) is 2.96. The van der Waals surface area contributed by atoms with Crippen LogP contribution >= 0.6 is 0 Å². The number of hydrogen-bond acceptors (Lipinski definition) is 4. The Morgan fingerprint density at radius 2 is 2.24 bits per heavy atom. The summed E-state index contributed by atoms with van der Waals surface area (Å²) in [4.78, 5) is 19.4. The van der Waals surface area contributed by atoms with Gasteiger partial charge < -0.3 is 10.1 Å². The molecule has 0 saturated carbocycles. The summed E-state index contributed by atoms with van der Waals surface area (Å²) in [5.41, 5.74) is 2.95. The van der Waals surface area contributed by atoms with Crippen molar-refractivity contribution in [1.29, 1.82) is 0 Å². The lowest BCUT2D eigenvalue weighted by Gasteiger charge is -2.29. The number of carbonyl (C=O) groups is 1. The van der Waals surface area contributed by atoms with Crippen LogP contribution in [0.5, 0.6) is 5.75 Å². The number of amides is 1.